The molecule has 0 spiro atoms. The number of aromatic nitrogens is 6. The Morgan fingerprint density at radius 3 is 2.96 bits per heavy atom. The highest BCUT2D eigenvalue weighted by Gasteiger charge is 2.34. The molecule has 0 saturated carbocycles. The zero-order valence-electron chi connectivity index (χ0n) is 15.8. The fraction of sp³-hybridized carbons (Fsp3) is 0.526. The number of fused-ring (bicyclic) bond motifs is 2. The minimum atomic E-state index is -0.416. The number of likely N-dealkylation sites (tertiary alicyclic amines) is 1. The summed E-state index contributed by atoms with van der Waals surface area (Å²) in [7, 11) is 0. The molecule has 3 aromatic rings. The third-order valence-corrected chi connectivity index (χ3v) is 5.99. The van der Waals surface area contributed by atoms with Gasteiger partial charge >= 0.3 is 0 Å². The number of nitrogens with one attached hydrogen (secondary N) is 1. The van der Waals surface area contributed by atoms with Gasteiger partial charge in [-0.3, -0.25) is 14.7 Å². The number of H-pyrrole nitrogens is 1. The minimum absolute atomic E-state index is 0.00203. The van der Waals surface area contributed by atoms with Crippen molar-refractivity contribution in [2.45, 2.75) is 57.5 Å². The number of carbonyl (C=O) groups is 1. The Morgan fingerprint density at radius 1 is 1.29 bits per heavy atom. The van der Waals surface area contributed by atoms with Crippen LogP contribution in [0.15, 0.2) is 23.5 Å². The van der Waals surface area contributed by atoms with Crippen LogP contribution in [0, 0.1) is 0 Å². The van der Waals surface area contributed by atoms with E-state index in [-0.39, 0.29) is 17.5 Å². The van der Waals surface area contributed by atoms with Crippen LogP contribution in [0.3, 0.4) is 0 Å². The first-order valence-electron chi connectivity index (χ1n) is 9.91. The van der Waals surface area contributed by atoms with Crippen LogP contribution in [0.5, 0.6) is 0 Å². The Hall–Kier alpha value is -2.97. The summed E-state index contributed by atoms with van der Waals surface area (Å²) in [6.07, 6.45) is 8.55. The van der Waals surface area contributed by atoms with Crippen molar-refractivity contribution >= 4 is 11.6 Å². The highest BCUT2D eigenvalue weighted by Crippen LogP contribution is 2.33. The molecular weight excluding hydrogens is 358 g/mol. The summed E-state index contributed by atoms with van der Waals surface area (Å²) in [4.78, 5) is 36.5. The SMILES string of the molecule is CC(C(=O)N1CCCC1c1cc2nc3c(c(=O)n2[nH]1)CCCC3)n1cncn1. The van der Waals surface area contributed by atoms with Gasteiger partial charge in [0.2, 0.25) is 5.91 Å². The monoisotopic (exact) mass is 381 g/mol. The number of hydrogen-bond donors (Lipinski definition) is 1. The van der Waals surface area contributed by atoms with E-state index in [9.17, 15) is 9.59 Å². The maximum Gasteiger partial charge on any atom is 0.276 e. The largest absolute Gasteiger partial charge is 0.332 e. The van der Waals surface area contributed by atoms with Crippen molar-refractivity contribution in [3.05, 3.63) is 46.0 Å². The molecule has 0 bridgehead atoms. The molecule has 1 aliphatic carbocycles. The fourth-order valence-electron chi connectivity index (χ4n) is 4.47. The van der Waals surface area contributed by atoms with E-state index in [1.165, 1.54) is 6.33 Å². The average molecular weight is 381 g/mol. The van der Waals surface area contributed by atoms with Crippen molar-refractivity contribution in [1.29, 1.82) is 0 Å². The van der Waals surface area contributed by atoms with Crippen molar-refractivity contribution in [3.63, 3.8) is 0 Å². The van der Waals surface area contributed by atoms with Gasteiger partial charge in [-0.15, -0.1) is 0 Å². The van der Waals surface area contributed by atoms with Crippen LogP contribution in [0.4, 0.5) is 0 Å². The molecule has 1 amide bonds. The Morgan fingerprint density at radius 2 is 2.14 bits per heavy atom. The van der Waals surface area contributed by atoms with Gasteiger partial charge < -0.3 is 4.90 Å². The van der Waals surface area contributed by atoms with Gasteiger partial charge in [-0.25, -0.2) is 19.2 Å². The van der Waals surface area contributed by atoms with Crippen LogP contribution in [0.1, 0.15) is 61.6 Å². The van der Waals surface area contributed by atoms with Gasteiger partial charge in [-0.2, -0.15) is 5.10 Å². The van der Waals surface area contributed by atoms with E-state index in [4.69, 9.17) is 4.98 Å². The van der Waals surface area contributed by atoms with E-state index >= 15 is 0 Å². The molecule has 0 radical (unpaired) electrons. The second kappa shape index (κ2) is 6.57. The summed E-state index contributed by atoms with van der Waals surface area (Å²) < 4.78 is 3.12. The van der Waals surface area contributed by atoms with Crippen molar-refractivity contribution in [2.75, 3.05) is 6.54 Å². The summed E-state index contributed by atoms with van der Waals surface area (Å²) in [5.74, 6) is 0.00579. The topological polar surface area (TPSA) is 101 Å². The van der Waals surface area contributed by atoms with Gasteiger partial charge in [-0.05, 0) is 45.4 Å². The van der Waals surface area contributed by atoms with E-state index in [2.05, 4.69) is 15.2 Å². The normalized spacial score (nSPS) is 20.5. The van der Waals surface area contributed by atoms with Crippen molar-refractivity contribution < 1.29 is 4.79 Å². The second-order valence-electron chi connectivity index (χ2n) is 7.70. The predicted molar refractivity (Wildman–Crippen MR) is 101 cm³/mol. The number of amides is 1. The molecule has 28 heavy (non-hydrogen) atoms. The van der Waals surface area contributed by atoms with Crippen LogP contribution in [-0.2, 0) is 17.6 Å². The number of carbonyl (C=O) groups excluding carboxylic acids is 1. The highest BCUT2D eigenvalue weighted by molar-refractivity contribution is 5.80. The number of rotatable bonds is 3. The van der Waals surface area contributed by atoms with Crippen LogP contribution in [0.2, 0.25) is 0 Å². The molecule has 9 heteroatoms. The first-order chi connectivity index (χ1) is 13.6. The second-order valence-corrected chi connectivity index (χ2v) is 7.70. The van der Waals surface area contributed by atoms with Crippen molar-refractivity contribution in [2.24, 2.45) is 0 Å². The Labute approximate surface area is 161 Å². The molecule has 0 aromatic carbocycles. The molecule has 4 heterocycles. The van der Waals surface area contributed by atoms with E-state index < -0.39 is 6.04 Å². The van der Waals surface area contributed by atoms with Crippen LogP contribution >= 0.6 is 0 Å². The van der Waals surface area contributed by atoms with Gasteiger partial charge in [0.1, 0.15) is 18.7 Å². The zero-order chi connectivity index (χ0) is 19.3. The number of aryl methyl sites for hydroxylation is 1. The van der Waals surface area contributed by atoms with E-state index in [1.54, 1.807) is 15.5 Å². The van der Waals surface area contributed by atoms with Crippen LogP contribution in [0.25, 0.3) is 5.65 Å². The molecule has 2 unspecified atom stereocenters. The van der Waals surface area contributed by atoms with E-state index in [0.29, 0.717) is 12.2 Å². The number of hydrogen-bond acceptors (Lipinski definition) is 5. The highest BCUT2D eigenvalue weighted by atomic mass is 16.2. The maximum absolute atomic E-state index is 13.1. The van der Waals surface area contributed by atoms with Gasteiger partial charge in [0, 0.05) is 18.2 Å². The summed E-state index contributed by atoms with van der Waals surface area (Å²) in [5, 5.41) is 7.32. The predicted octanol–water partition coefficient (Wildman–Crippen LogP) is 1.42. The Bertz CT molecular complexity index is 1080. The first-order valence-corrected chi connectivity index (χ1v) is 9.91. The average Bonchev–Trinajstić information content (AvgIpc) is 3.46. The Balaban J connectivity index is 1.49. The molecule has 3 aromatic heterocycles. The quantitative estimate of drug-likeness (QED) is 0.739. The van der Waals surface area contributed by atoms with E-state index in [0.717, 1.165) is 55.5 Å². The standard InChI is InChI=1S/C19H23N7O2/c1-12(25-11-20-10-21-25)18(27)24-8-4-7-16(24)15-9-17-22-14-6-3-2-5-13(14)19(28)26(17)23-15/h9-12,16,23H,2-8H2,1H3. The number of aromatic amines is 1. The third-order valence-electron chi connectivity index (χ3n) is 5.99. The number of nitrogens with zero attached hydrogens (tertiary/aromatic N) is 6. The van der Waals surface area contributed by atoms with Gasteiger partial charge in [0.05, 0.1) is 17.4 Å². The Kier molecular flexibility index (Phi) is 4.03. The third kappa shape index (κ3) is 2.64. The van der Waals surface area contributed by atoms with E-state index in [1.807, 2.05) is 17.9 Å². The summed E-state index contributed by atoms with van der Waals surface area (Å²) in [5.41, 5.74) is 3.27. The molecular formula is C19H23N7O2. The summed E-state index contributed by atoms with van der Waals surface area (Å²) >= 11 is 0. The molecule has 1 fully saturated rings. The lowest BCUT2D eigenvalue weighted by molar-refractivity contribution is -0.135. The molecule has 1 N–H and O–H groups in total. The lowest BCUT2D eigenvalue weighted by atomic mass is 9.97. The van der Waals surface area contributed by atoms with Gasteiger partial charge in [0.25, 0.3) is 5.56 Å². The lowest BCUT2D eigenvalue weighted by Gasteiger charge is -2.26. The molecule has 1 aliphatic heterocycles. The molecule has 2 aliphatic rings. The minimum Gasteiger partial charge on any atom is -0.332 e. The fourth-order valence-corrected chi connectivity index (χ4v) is 4.47. The first kappa shape index (κ1) is 17.2. The summed E-state index contributed by atoms with van der Waals surface area (Å²) in [6.45, 7) is 2.52. The van der Waals surface area contributed by atoms with Crippen LogP contribution < -0.4 is 5.56 Å². The molecule has 2 atom stereocenters. The smallest absolute Gasteiger partial charge is 0.276 e. The van der Waals surface area contributed by atoms with Crippen molar-refractivity contribution in [3.8, 4) is 0 Å². The maximum atomic E-state index is 13.1. The van der Waals surface area contributed by atoms with Crippen molar-refractivity contribution in [1.82, 2.24) is 34.3 Å². The molecule has 9 nitrogen and oxygen atoms in total. The molecule has 1 saturated heterocycles. The molecule has 146 valence electrons. The summed E-state index contributed by atoms with van der Waals surface area (Å²) in [6, 6.07) is 1.42. The van der Waals surface area contributed by atoms with Gasteiger partial charge in [0.15, 0.2) is 5.65 Å². The van der Waals surface area contributed by atoms with Gasteiger partial charge in [-0.1, -0.05) is 0 Å². The zero-order valence-corrected chi connectivity index (χ0v) is 15.8. The molecule has 5 rings (SSSR count). The lowest BCUT2D eigenvalue weighted by Crippen LogP contribution is -2.36. The van der Waals surface area contributed by atoms with Crippen LogP contribution in [-0.4, -0.2) is 46.7 Å².